The van der Waals surface area contributed by atoms with E-state index in [1.165, 1.54) is 5.56 Å². The molecule has 0 amide bonds. The van der Waals surface area contributed by atoms with Crippen LogP contribution in [0.1, 0.15) is 31.4 Å². The van der Waals surface area contributed by atoms with Gasteiger partial charge in [-0.1, -0.05) is 29.4 Å². The van der Waals surface area contributed by atoms with Gasteiger partial charge in [-0.25, -0.2) is 4.79 Å². The summed E-state index contributed by atoms with van der Waals surface area (Å²) in [7, 11) is 0. The maximum absolute atomic E-state index is 11.8. The summed E-state index contributed by atoms with van der Waals surface area (Å²) < 4.78 is 0. The van der Waals surface area contributed by atoms with E-state index in [1.54, 1.807) is 13.8 Å². The Balaban J connectivity index is 2.11. The first kappa shape index (κ1) is 13.1. The third-order valence-corrected chi connectivity index (χ3v) is 3.75. The smallest absolute Gasteiger partial charge is 0.317 e. The third kappa shape index (κ3) is 2.56. The summed E-state index contributed by atoms with van der Waals surface area (Å²) >= 11 is 5.72. The summed E-state index contributed by atoms with van der Waals surface area (Å²) in [6.07, 6.45) is 1.76. The molecule has 1 aliphatic carbocycles. The monoisotopic (exact) mass is 265 g/mol. The van der Waals surface area contributed by atoms with Crippen LogP contribution in [0.2, 0.25) is 0 Å². The third-order valence-electron chi connectivity index (χ3n) is 3.08. The summed E-state index contributed by atoms with van der Waals surface area (Å²) in [6, 6.07) is 8.04. The zero-order chi connectivity index (χ0) is 13.2. The van der Waals surface area contributed by atoms with Gasteiger partial charge in [0, 0.05) is 11.4 Å². The topological polar surface area (TPSA) is 38.7 Å². The van der Waals surface area contributed by atoms with E-state index in [1.807, 2.05) is 18.2 Å². The van der Waals surface area contributed by atoms with E-state index in [9.17, 15) is 4.79 Å². The molecule has 1 aromatic rings. The molecule has 1 aromatic carbocycles. The van der Waals surface area contributed by atoms with E-state index in [0.717, 1.165) is 24.1 Å². The number of halogens is 1. The first-order chi connectivity index (χ1) is 8.54. The van der Waals surface area contributed by atoms with Gasteiger partial charge in [0.1, 0.15) is 0 Å². The van der Waals surface area contributed by atoms with Crippen LogP contribution in [0.5, 0.6) is 0 Å². The number of alkyl halides is 1. The molecule has 0 N–H and O–H groups in total. The second-order valence-corrected chi connectivity index (χ2v) is 5.36. The van der Waals surface area contributed by atoms with E-state index in [0.29, 0.717) is 0 Å². The Morgan fingerprint density at radius 2 is 2.11 bits per heavy atom. The fourth-order valence-electron chi connectivity index (χ4n) is 1.78. The molecule has 0 aliphatic heterocycles. The number of rotatable bonds is 3. The van der Waals surface area contributed by atoms with Gasteiger partial charge >= 0.3 is 5.97 Å². The number of carbonyl (C=O) groups is 1. The van der Waals surface area contributed by atoms with Crippen molar-refractivity contribution >= 4 is 23.3 Å². The lowest BCUT2D eigenvalue weighted by Crippen LogP contribution is -2.27. The van der Waals surface area contributed by atoms with Crippen LogP contribution in [0.4, 0.5) is 0 Å². The van der Waals surface area contributed by atoms with Gasteiger partial charge < -0.3 is 4.84 Å². The summed E-state index contributed by atoms with van der Waals surface area (Å²) in [5.41, 5.74) is 2.46. The first-order valence-electron chi connectivity index (χ1n) is 5.97. The highest BCUT2D eigenvalue weighted by Crippen LogP contribution is 2.23. The lowest BCUT2D eigenvalue weighted by Gasteiger charge is -2.16. The standard InChI is InChI=1S/C14H16ClNO2/c1-14(2,9-15)13(17)18-16-12-8-7-10-5-3-4-6-11(10)12/h3-6H,7-9H2,1-2H3. The summed E-state index contributed by atoms with van der Waals surface area (Å²) in [6.45, 7) is 3.48. The van der Waals surface area contributed by atoms with E-state index in [2.05, 4.69) is 11.2 Å². The average molecular weight is 266 g/mol. The number of fused-ring (bicyclic) bond motifs is 1. The van der Waals surface area contributed by atoms with Crippen molar-refractivity contribution < 1.29 is 9.63 Å². The highest BCUT2D eigenvalue weighted by atomic mass is 35.5. The van der Waals surface area contributed by atoms with Gasteiger partial charge in [-0.2, -0.15) is 0 Å². The van der Waals surface area contributed by atoms with E-state index in [-0.39, 0.29) is 5.88 Å². The molecule has 0 radical (unpaired) electrons. The van der Waals surface area contributed by atoms with Crippen LogP contribution in [-0.4, -0.2) is 17.6 Å². The van der Waals surface area contributed by atoms with Crippen molar-refractivity contribution in [2.45, 2.75) is 26.7 Å². The van der Waals surface area contributed by atoms with Crippen LogP contribution >= 0.6 is 11.6 Å². The van der Waals surface area contributed by atoms with Gasteiger partial charge in [0.15, 0.2) is 0 Å². The number of hydrogen-bond donors (Lipinski definition) is 0. The Bertz CT molecular complexity index is 494. The minimum Gasteiger partial charge on any atom is -0.317 e. The molecular formula is C14H16ClNO2. The Labute approximate surface area is 112 Å². The van der Waals surface area contributed by atoms with Crippen molar-refractivity contribution in [3.63, 3.8) is 0 Å². The summed E-state index contributed by atoms with van der Waals surface area (Å²) in [5.74, 6) is -0.179. The van der Waals surface area contributed by atoms with Crippen LogP contribution in [0.3, 0.4) is 0 Å². The van der Waals surface area contributed by atoms with E-state index < -0.39 is 11.4 Å². The maximum Gasteiger partial charge on any atom is 0.341 e. The second-order valence-electron chi connectivity index (χ2n) is 5.09. The summed E-state index contributed by atoms with van der Waals surface area (Å²) in [5, 5.41) is 3.99. The predicted octanol–water partition coefficient (Wildman–Crippen LogP) is 3.15. The Morgan fingerprint density at radius 3 is 2.83 bits per heavy atom. The van der Waals surface area contributed by atoms with Crippen LogP contribution in [0.15, 0.2) is 29.4 Å². The van der Waals surface area contributed by atoms with Gasteiger partial charge in [0.05, 0.1) is 11.1 Å². The SMILES string of the molecule is CC(C)(CCl)C(=O)ON=C1CCc2ccccc21. The Hall–Kier alpha value is -1.35. The quantitative estimate of drug-likeness (QED) is 0.478. The largest absolute Gasteiger partial charge is 0.341 e. The second kappa shape index (κ2) is 5.11. The Kier molecular flexibility index (Phi) is 3.71. The maximum atomic E-state index is 11.8. The fourth-order valence-corrected chi connectivity index (χ4v) is 1.89. The molecule has 0 saturated heterocycles. The lowest BCUT2D eigenvalue weighted by molar-refractivity contribution is -0.152. The molecule has 0 unspecified atom stereocenters. The van der Waals surface area contributed by atoms with Crippen molar-refractivity contribution in [2.75, 3.05) is 5.88 Å². The first-order valence-corrected chi connectivity index (χ1v) is 6.50. The molecule has 3 nitrogen and oxygen atoms in total. The lowest BCUT2D eigenvalue weighted by atomic mass is 9.97. The predicted molar refractivity (Wildman–Crippen MR) is 71.9 cm³/mol. The number of nitrogens with zero attached hydrogens (tertiary/aromatic N) is 1. The average Bonchev–Trinajstić information content (AvgIpc) is 2.79. The van der Waals surface area contributed by atoms with Crippen molar-refractivity contribution in [3.8, 4) is 0 Å². The van der Waals surface area contributed by atoms with E-state index in [4.69, 9.17) is 16.4 Å². The van der Waals surface area contributed by atoms with Crippen molar-refractivity contribution in [1.82, 2.24) is 0 Å². The minimum absolute atomic E-state index is 0.216. The van der Waals surface area contributed by atoms with Gasteiger partial charge in [-0.15, -0.1) is 11.6 Å². The highest BCUT2D eigenvalue weighted by Gasteiger charge is 2.29. The minimum atomic E-state index is -0.705. The zero-order valence-electron chi connectivity index (χ0n) is 10.6. The molecule has 0 heterocycles. The van der Waals surface area contributed by atoms with Gasteiger partial charge in [0.25, 0.3) is 0 Å². The number of carbonyl (C=O) groups excluding carboxylic acids is 1. The molecule has 18 heavy (non-hydrogen) atoms. The number of hydrogen-bond acceptors (Lipinski definition) is 3. The van der Waals surface area contributed by atoms with Gasteiger partial charge in [-0.3, -0.25) is 0 Å². The molecule has 96 valence electrons. The molecule has 4 heteroatoms. The molecule has 0 saturated carbocycles. The van der Waals surface area contributed by atoms with Crippen molar-refractivity contribution in [2.24, 2.45) is 10.6 Å². The molecule has 0 bridgehead atoms. The fraction of sp³-hybridized carbons (Fsp3) is 0.429. The van der Waals surface area contributed by atoms with Gasteiger partial charge in [-0.05, 0) is 32.3 Å². The van der Waals surface area contributed by atoms with E-state index >= 15 is 0 Å². The molecule has 1 aliphatic rings. The molecule has 2 rings (SSSR count). The van der Waals surface area contributed by atoms with Gasteiger partial charge in [0.2, 0.25) is 0 Å². The van der Waals surface area contributed by atoms with Crippen LogP contribution in [0.25, 0.3) is 0 Å². The number of oxime groups is 1. The molecule has 0 fully saturated rings. The number of benzene rings is 1. The molecule has 0 atom stereocenters. The molecule has 0 spiro atoms. The Morgan fingerprint density at radius 1 is 1.39 bits per heavy atom. The number of aryl methyl sites for hydroxylation is 1. The van der Waals surface area contributed by atoms with Crippen LogP contribution in [0, 0.1) is 5.41 Å². The molecule has 0 aromatic heterocycles. The summed E-state index contributed by atoms with van der Waals surface area (Å²) in [4.78, 5) is 16.8. The van der Waals surface area contributed by atoms with Crippen LogP contribution < -0.4 is 0 Å². The zero-order valence-corrected chi connectivity index (χ0v) is 11.3. The highest BCUT2D eigenvalue weighted by molar-refractivity contribution is 6.19. The van der Waals surface area contributed by atoms with Crippen LogP contribution in [-0.2, 0) is 16.1 Å². The van der Waals surface area contributed by atoms with Crippen molar-refractivity contribution in [3.05, 3.63) is 35.4 Å². The van der Waals surface area contributed by atoms with Crippen molar-refractivity contribution in [1.29, 1.82) is 0 Å². The molecular weight excluding hydrogens is 250 g/mol. The normalized spacial score (nSPS) is 16.7.